The number of nitriles is 1. The summed E-state index contributed by atoms with van der Waals surface area (Å²) in [5, 5.41) is 8.46. The number of ether oxygens (including phenoxy) is 1. The monoisotopic (exact) mass is 230 g/mol. The third kappa shape index (κ3) is 2.11. The largest absolute Gasteiger partial charge is 0.465 e. The second kappa shape index (κ2) is 4.61. The predicted octanol–water partition coefficient (Wildman–Crippen LogP) is 1.82. The van der Waals surface area contributed by atoms with Gasteiger partial charge in [0.25, 0.3) is 6.43 Å². The van der Waals surface area contributed by atoms with Crippen LogP contribution in [0, 0.1) is 17.3 Å². The van der Waals surface area contributed by atoms with E-state index in [1.807, 2.05) is 0 Å². The number of esters is 1. The molecule has 0 aromatic carbocycles. The van der Waals surface area contributed by atoms with Crippen LogP contribution in [0.1, 0.15) is 28.0 Å². The molecular formula is C9H5F3N2O2. The number of alkyl halides is 2. The fourth-order valence-electron chi connectivity index (χ4n) is 1.02. The van der Waals surface area contributed by atoms with Crippen LogP contribution in [0.25, 0.3) is 0 Å². The van der Waals surface area contributed by atoms with Gasteiger partial charge in [-0.25, -0.2) is 18.6 Å². The van der Waals surface area contributed by atoms with Crippen LogP contribution >= 0.6 is 0 Å². The Morgan fingerprint density at radius 2 is 2.25 bits per heavy atom. The van der Waals surface area contributed by atoms with Crippen molar-refractivity contribution < 1.29 is 22.7 Å². The summed E-state index contributed by atoms with van der Waals surface area (Å²) >= 11 is 0. The lowest BCUT2D eigenvalue weighted by molar-refractivity contribution is 0.0586. The number of rotatable bonds is 2. The molecule has 4 nitrogen and oxygen atoms in total. The van der Waals surface area contributed by atoms with Crippen molar-refractivity contribution in [3.05, 3.63) is 28.8 Å². The van der Waals surface area contributed by atoms with Crippen molar-refractivity contribution in [3.8, 4) is 6.07 Å². The number of carbonyl (C=O) groups is 1. The molecule has 84 valence electrons. The van der Waals surface area contributed by atoms with Crippen LogP contribution in [0.2, 0.25) is 0 Å². The molecule has 1 aromatic heterocycles. The molecule has 1 rings (SSSR count). The van der Waals surface area contributed by atoms with E-state index in [4.69, 9.17) is 5.26 Å². The highest BCUT2D eigenvalue weighted by Crippen LogP contribution is 2.23. The van der Waals surface area contributed by atoms with E-state index in [0.29, 0.717) is 6.07 Å². The molecule has 0 unspecified atom stereocenters. The van der Waals surface area contributed by atoms with Gasteiger partial charge in [-0.1, -0.05) is 0 Å². The molecule has 0 aliphatic carbocycles. The van der Waals surface area contributed by atoms with E-state index in [1.54, 1.807) is 0 Å². The average molecular weight is 230 g/mol. The summed E-state index contributed by atoms with van der Waals surface area (Å²) in [6.45, 7) is 0. The number of carbonyl (C=O) groups excluding carboxylic acids is 1. The first-order valence-corrected chi connectivity index (χ1v) is 3.98. The summed E-state index contributed by atoms with van der Waals surface area (Å²) in [6.07, 6.45) is -3.13. The number of aromatic nitrogens is 1. The minimum absolute atomic E-state index is 0.593. The molecule has 0 saturated carbocycles. The van der Waals surface area contributed by atoms with E-state index in [-0.39, 0.29) is 0 Å². The van der Waals surface area contributed by atoms with Gasteiger partial charge in [0.15, 0.2) is 0 Å². The highest BCUT2D eigenvalue weighted by molar-refractivity contribution is 5.91. The number of hydrogen-bond acceptors (Lipinski definition) is 4. The first-order chi connectivity index (χ1) is 7.51. The minimum atomic E-state index is -3.13. The zero-order chi connectivity index (χ0) is 12.3. The molecule has 0 atom stereocenters. The zero-order valence-electron chi connectivity index (χ0n) is 8.00. The number of methoxy groups -OCH3 is 1. The van der Waals surface area contributed by atoms with Gasteiger partial charge >= 0.3 is 5.97 Å². The number of nitrogens with zero attached hydrogens (tertiary/aromatic N) is 2. The van der Waals surface area contributed by atoms with Gasteiger partial charge in [-0.3, -0.25) is 0 Å². The smallest absolute Gasteiger partial charge is 0.339 e. The summed E-state index contributed by atoms with van der Waals surface area (Å²) in [5.41, 5.74) is -2.25. The molecule has 0 bridgehead atoms. The molecule has 0 spiro atoms. The van der Waals surface area contributed by atoms with Crippen molar-refractivity contribution in [1.29, 1.82) is 5.26 Å². The van der Waals surface area contributed by atoms with Gasteiger partial charge in [0, 0.05) is 0 Å². The lowest BCUT2D eigenvalue weighted by Gasteiger charge is -2.06. The van der Waals surface area contributed by atoms with E-state index in [9.17, 15) is 18.0 Å². The highest BCUT2D eigenvalue weighted by atomic mass is 19.3. The van der Waals surface area contributed by atoms with Gasteiger partial charge in [0.1, 0.15) is 17.3 Å². The van der Waals surface area contributed by atoms with Gasteiger partial charge in [-0.2, -0.15) is 9.65 Å². The topological polar surface area (TPSA) is 63.0 Å². The minimum Gasteiger partial charge on any atom is -0.465 e. The molecule has 16 heavy (non-hydrogen) atoms. The standard InChI is InChI=1S/C9H5F3N2O2/c1-16-9(15)5-2-4(3-13)8(12)14-6(5)7(10)11/h2,7H,1H3. The van der Waals surface area contributed by atoms with Gasteiger partial charge in [0.2, 0.25) is 5.95 Å². The molecule has 7 heteroatoms. The summed E-state index contributed by atoms with van der Waals surface area (Å²) < 4.78 is 42.0. The van der Waals surface area contributed by atoms with Crippen molar-refractivity contribution in [2.75, 3.05) is 7.11 Å². The van der Waals surface area contributed by atoms with Crippen molar-refractivity contribution in [2.45, 2.75) is 6.43 Å². The number of halogens is 3. The maximum Gasteiger partial charge on any atom is 0.339 e. The summed E-state index contributed by atoms with van der Waals surface area (Å²) in [6, 6.07) is 2.08. The lowest BCUT2D eigenvalue weighted by Crippen LogP contribution is -2.10. The Kier molecular flexibility index (Phi) is 3.45. The molecule has 0 fully saturated rings. The molecule has 0 N–H and O–H groups in total. The Labute approximate surface area is 88.3 Å². The van der Waals surface area contributed by atoms with Crippen LogP contribution in [0.3, 0.4) is 0 Å². The molecule has 1 aromatic rings. The van der Waals surface area contributed by atoms with Crippen LogP contribution in [0.4, 0.5) is 13.2 Å². The Bertz CT molecular complexity index is 469. The molecule has 0 amide bonds. The van der Waals surface area contributed by atoms with Crippen LogP contribution in [0.5, 0.6) is 0 Å². The highest BCUT2D eigenvalue weighted by Gasteiger charge is 2.23. The third-order valence-corrected chi connectivity index (χ3v) is 1.74. The third-order valence-electron chi connectivity index (χ3n) is 1.74. The van der Waals surface area contributed by atoms with Crippen LogP contribution in [-0.2, 0) is 4.74 Å². The maximum atomic E-state index is 12.9. The first-order valence-electron chi connectivity index (χ1n) is 3.98. The van der Waals surface area contributed by atoms with Crippen LogP contribution in [-0.4, -0.2) is 18.1 Å². The summed E-state index contributed by atoms with van der Waals surface area (Å²) in [4.78, 5) is 14.0. The van der Waals surface area contributed by atoms with Crippen molar-refractivity contribution in [1.82, 2.24) is 4.98 Å². The Morgan fingerprint density at radius 3 is 2.69 bits per heavy atom. The fraction of sp³-hybridized carbons (Fsp3) is 0.222. The lowest BCUT2D eigenvalue weighted by atomic mass is 10.1. The van der Waals surface area contributed by atoms with Gasteiger partial charge < -0.3 is 4.74 Å². The molecule has 0 aliphatic rings. The number of hydrogen-bond donors (Lipinski definition) is 0. The molecule has 1 heterocycles. The van der Waals surface area contributed by atoms with Gasteiger partial charge in [0.05, 0.1) is 12.7 Å². The summed E-state index contributed by atoms with van der Waals surface area (Å²) in [7, 11) is 0.979. The van der Waals surface area contributed by atoms with Crippen molar-refractivity contribution in [2.24, 2.45) is 0 Å². The second-order valence-corrected chi connectivity index (χ2v) is 2.66. The van der Waals surface area contributed by atoms with Crippen molar-refractivity contribution in [3.63, 3.8) is 0 Å². The normalized spacial score (nSPS) is 10.0. The number of pyridine rings is 1. The van der Waals surface area contributed by atoms with Gasteiger partial charge in [-0.15, -0.1) is 0 Å². The van der Waals surface area contributed by atoms with Gasteiger partial charge in [-0.05, 0) is 6.07 Å². The maximum absolute atomic E-state index is 12.9. The quantitative estimate of drug-likeness (QED) is 0.574. The van der Waals surface area contributed by atoms with E-state index >= 15 is 0 Å². The van der Waals surface area contributed by atoms with Crippen LogP contribution in [0.15, 0.2) is 6.07 Å². The average Bonchev–Trinajstić information content (AvgIpc) is 2.27. The first kappa shape index (κ1) is 12.0. The van der Waals surface area contributed by atoms with Crippen LogP contribution < -0.4 is 0 Å². The predicted molar refractivity (Wildman–Crippen MR) is 45.2 cm³/mol. The van der Waals surface area contributed by atoms with E-state index < -0.39 is 35.2 Å². The Balaban J connectivity index is 3.44. The summed E-state index contributed by atoms with van der Waals surface area (Å²) in [5.74, 6) is -2.44. The second-order valence-electron chi connectivity index (χ2n) is 2.66. The fourth-order valence-corrected chi connectivity index (χ4v) is 1.02. The van der Waals surface area contributed by atoms with Crippen molar-refractivity contribution >= 4 is 5.97 Å². The molecule has 0 aliphatic heterocycles. The SMILES string of the molecule is COC(=O)c1cc(C#N)c(F)nc1C(F)F. The Hall–Kier alpha value is -2.10. The zero-order valence-corrected chi connectivity index (χ0v) is 8.00. The van der Waals surface area contributed by atoms with E-state index in [2.05, 4.69) is 9.72 Å². The molecule has 0 saturated heterocycles. The van der Waals surface area contributed by atoms with E-state index in [1.165, 1.54) is 6.07 Å². The molecular weight excluding hydrogens is 225 g/mol. The molecule has 0 radical (unpaired) electrons. The van der Waals surface area contributed by atoms with E-state index in [0.717, 1.165) is 7.11 Å². The Morgan fingerprint density at radius 1 is 1.62 bits per heavy atom.